The van der Waals surface area contributed by atoms with Crippen LogP contribution in [0, 0.1) is 13.8 Å². The molecular weight excluding hydrogens is 502 g/mol. The van der Waals surface area contributed by atoms with E-state index in [1.807, 2.05) is 11.5 Å². The van der Waals surface area contributed by atoms with E-state index in [4.69, 9.17) is 0 Å². The zero-order valence-electron chi connectivity index (χ0n) is 19.7. The Morgan fingerprint density at radius 2 is 1.86 bits per heavy atom. The van der Waals surface area contributed by atoms with Crippen molar-refractivity contribution in [3.8, 4) is 11.5 Å². The molecule has 1 amide bonds. The maximum Gasteiger partial charge on any atom is 0.263 e. The quantitative estimate of drug-likeness (QED) is 0.311. The van der Waals surface area contributed by atoms with E-state index >= 15 is 0 Å². The second-order valence-electron chi connectivity index (χ2n) is 7.55. The number of benzene rings is 1. The van der Waals surface area contributed by atoms with Gasteiger partial charge in [-0.05, 0) is 45.0 Å². The molecule has 36 heavy (non-hydrogen) atoms. The summed E-state index contributed by atoms with van der Waals surface area (Å²) in [7, 11) is -3.85. The van der Waals surface area contributed by atoms with E-state index in [0.717, 1.165) is 0 Å². The Balaban J connectivity index is 1.37. The number of nitrogens with zero attached hydrogens (tertiary/aromatic N) is 7. The van der Waals surface area contributed by atoms with Crippen molar-refractivity contribution in [2.45, 2.75) is 37.4 Å². The highest BCUT2D eigenvalue weighted by Crippen LogP contribution is 2.23. The van der Waals surface area contributed by atoms with Crippen LogP contribution in [0.25, 0.3) is 11.5 Å². The van der Waals surface area contributed by atoms with E-state index in [0.29, 0.717) is 40.4 Å². The molecule has 0 aliphatic heterocycles. The fraction of sp³-hybridized carbons (Fsp3) is 0.227. The van der Waals surface area contributed by atoms with Gasteiger partial charge >= 0.3 is 0 Å². The standard InChI is InChI=1S/C22H23N9O3S2/c1-4-31-21(18-12-23-9-10-24-18)28-29-22(31)35-13-20(32)27-16-5-7-17(8-6-16)36(33,34)30-19-11-14(2)25-15(3)26-19/h5-12H,4,13H2,1-3H3,(H,27,32)(H,25,26,30). The molecule has 4 aromatic rings. The van der Waals surface area contributed by atoms with Crippen molar-refractivity contribution in [3.05, 3.63) is 60.4 Å². The minimum Gasteiger partial charge on any atom is -0.325 e. The SMILES string of the molecule is CCn1c(SCC(=O)Nc2ccc(S(=O)(=O)Nc3cc(C)nc(C)n3)cc2)nnc1-c1cnccn1. The first kappa shape index (κ1) is 25.2. The Morgan fingerprint density at radius 1 is 1.08 bits per heavy atom. The lowest BCUT2D eigenvalue weighted by molar-refractivity contribution is -0.113. The summed E-state index contributed by atoms with van der Waals surface area (Å²) < 4.78 is 29.7. The Bertz CT molecular complexity index is 1450. The van der Waals surface area contributed by atoms with Crippen molar-refractivity contribution in [1.29, 1.82) is 0 Å². The first-order valence-corrected chi connectivity index (χ1v) is 13.3. The monoisotopic (exact) mass is 525 g/mol. The summed E-state index contributed by atoms with van der Waals surface area (Å²) in [5.74, 6) is 1.05. The first-order chi connectivity index (χ1) is 17.2. The maximum atomic E-state index is 12.7. The first-order valence-electron chi connectivity index (χ1n) is 10.8. The average Bonchev–Trinajstić information content (AvgIpc) is 3.25. The van der Waals surface area contributed by atoms with Gasteiger partial charge in [0.2, 0.25) is 5.91 Å². The van der Waals surface area contributed by atoms with Gasteiger partial charge in [-0.2, -0.15) is 0 Å². The van der Waals surface area contributed by atoms with Crippen LogP contribution >= 0.6 is 11.8 Å². The normalized spacial score (nSPS) is 11.3. The minimum atomic E-state index is -3.85. The van der Waals surface area contributed by atoms with E-state index < -0.39 is 10.0 Å². The van der Waals surface area contributed by atoms with Gasteiger partial charge in [-0.3, -0.25) is 14.5 Å². The molecule has 0 spiro atoms. The summed E-state index contributed by atoms with van der Waals surface area (Å²) >= 11 is 1.24. The summed E-state index contributed by atoms with van der Waals surface area (Å²) in [5.41, 5.74) is 1.71. The van der Waals surface area contributed by atoms with Crippen LogP contribution in [0.15, 0.2) is 59.0 Å². The number of sulfonamides is 1. The van der Waals surface area contributed by atoms with Crippen LogP contribution in [0.5, 0.6) is 0 Å². The predicted molar refractivity (Wildman–Crippen MR) is 135 cm³/mol. The van der Waals surface area contributed by atoms with E-state index in [9.17, 15) is 13.2 Å². The predicted octanol–water partition coefficient (Wildman–Crippen LogP) is 2.69. The van der Waals surface area contributed by atoms with Crippen molar-refractivity contribution < 1.29 is 13.2 Å². The zero-order chi connectivity index (χ0) is 25.7. The van der Waals surface area contributed by atoms with Crippen molar-refractivity contribution in [3.63, 3.8) is 0 Å². The number of aromatic nitrogens is 7. The summed E-state index contributed by atoms with van der Waals surface area (Å²) in [6, 6.07) is 7.41. The van der Waals surface area contributed by atoms with Gasteiger partial charge in [0.15, 0.2) is 11.0 Å². The molecule has 14 heteroatoms. The van der Waals surface area contributed by atoms with Gasteiger partial charge in [0.25, 0.3) is 10.0 Å². The fourth-order valence-electron chi connectivity index (χ4n) is 3.29. The lowest BCUT2D eigenvalue weighted by atomic mass is 10.3. The summed E-state index contributed by atoms with van der Waals surface area (Å²) in [6.45, 7) is 5.99. The van der Waals surface area contributed by atoms with E-state index in [1.54, 1.807) is 38.5 Å². The number of aryl methyl sites for hydroxylation is 2. The van der Waals surface area contributed by atoms with Gasteiger partial charge < -0.3 is 9.88 Å². The van der Waals surface area contributed by atoms with Crippen molar-refractivity contribution in [2.24, 2.45) is 0 Å². The molecule has 0 saturated heterocycles. The van der Waals surface area contributed by atoms with Gasteiger partial charge in [-0.1, -0.05) is 11.8 Å². The summed E-state index contributed by atoms with van der Waals surface area (Å²) in [5, 5.41) is 11.7. The summed E-state index contributed by atoms with van der Waals surface area (Å²) in [6.07, 6.45) is 4.76. The second-order valence-corrected chi connectivity index (χ2v) is 10.2. The third-order valence-electron chi connectivity index (χ3n) is 4.81. The number of anilines is 2. The van der Waals surface area contributed by atoms with Crippen molar-refractivity contribution in [1.82, 2.24) is 34.7 Å². The zero-order valence-corrected chi connectivity index (χ0v) is 21.3. The molecule has 0 atom stereocenters. The van der Waals surface area contributed by atoms with Crippen molar-refractivity contribution in [2.75, 3.05) is 15.8 Å². The third kappa shape index (κ3) is 6.01. The topological polar surface area (TPSA) is 158 Å². The molecule has 0 aliphatic rings. The number of carbonyl (C=O) groups excluding carboxylic acids is 1. The molecule has 0 fully saturated rings. The van der Waals surface area contributed by atoms with Gasteiger partial charge in [0, 0.05) is 36.4 Å². The molecule has 186 valence electrons. The molecule has 0 radical (unpaired) electrons. The van der Waals surface area contributed by atoms with Crippen LogP contribution in [0.4, 0.5) is 11.5 Å². The van der Waals surface area contributed by atoms with E-state index in [1.165, 1.54) is 36.0 Å². The van der Waals surface area contributed by atoms with Crippen molar-refractivity contribution >= 4 is 39.2 Å². The Labute approximate surface area is 212 Å². The number of nitrogens with one attached hydrogen (secondary N) is 2. The smallest absolute Gasteiger partial charge is 0.263 e. The lowest BCUT2D eigenvalue weighted by Crippen LogP contribution is -2.16. The van der Waals surface area contributed by atoms with Crippen LogP contribution in [0.2, 0.25) is 0 Å². The molecule has 12 nitrogen and oxygen atoms in total. The number of rotatable bonds is 9. The van der Waals surface area contributed by atoms with Crippen LogP contribution in [0.1, 0.15) is 18.4 Å². The second kappa shape index (κ2) is 10.8. The Hall–Kier alpha value is -3.91. The van der Waals surface area contributed by atoms with Crippen LogP contribution in [-0.4, -0.2) is 54.8 Å². The highest BCUT2D eigenvalue weighted by atomic mass is 32.2. The number of carbonyl (C=O) groups is 1. The molecule has 4 rings (SSSR count). The van der Waals surface area contributed by atoms with Crippen LogP contribution in [0.3, 0.4) is 0 Å². The van der Waals surface area contributed by atoms with Gasteiger partial charge in [-0.25, -0.2) is 23.4 Å². The Kier molecular flexibility index (Phi) is 7.55. The largest absolute Gasteiger partial charge is 0.325 e. The highest BCUT2D eigenvalue weighted by Gasteiger charge is 2.17. The Morgan fingerprint density at radius 3 is 2.53 bits per heavy atom. The third-order valence-corrected chi connectivity index (χ3v) is 7.15. The molecule has 0 bridgehead atoms. The number of thioether (sulfide) groups is 1. The minimum absolute atomic E-state index is 0.0383. The summed E-state index contributed by atoms with van der Waals surface area (Å²) in [4.78, 5) is 29.1. The fourth-order valence-corrected chi connectivity index (χ4v) is 5.09. The van der Waals surface area contributed by atoms with Gasteiger partial charge in [-0.15, -0.1) is 10.2 Å². The van der Waals surface area contributed by atoms with Crippen LogP contribution < -0.4 is 10.0 Å². The van der Waals surface area contributed by atoms with E-state index in [2.05, 4.69) is 40.2 Å². The molecular formula is C22H23N9O3S2. The average molecular weight is 526 g/mol. The molecule has 3 heterocycles. The lowest BCUT2D eigenvalue weighted by Gasteiger charge is -2.10. The van der Waals surface area contributed by atoms with Crippen LogP contribution in [-0.2, 0) is 21.4 Å². The molecule has 0 saturated carbocycles. The molecule has 1 aromatic carbocycles. The number of hydrogen-bond donors (Lipinski definition) is 2. The molecule has 0 aliphatic carbocycles. The number of hydrogen-bond acceptors (Lipinski definition) is 10. The molecule has 0 unspecified atom stereocenters. The molecule has 3 aromatic heterocycles. The number of amides is 1. The highest BCUT2D eigenvalue weighted by molar-refractivity contribution is 7.99. The van der Waals surface area contributed by atoms with Gasteiger partial charge in [0.1, 0.15) is 17.3 Å². The van der Waals surface area contributed by atoms with E-state index in [-0.39, 0.29) is 22.4 Å². The molecule has 2 N–H and O–H groups in total. The maximum absolute atomic E-state index is 12.7. The van der Waals surface area contributed by atoms with Gasteiger partial charge in [0.05, 0.1) is 16.8 Å².